The van der Waals surface area contributed by atoms with Gasteiger partial charge in [-0.15, -0.1) is 0 Å². The molecule has 0 atom stereocenters. The molecule has 0 N–H and O–H groups in total. The molecule has 3 nitrogen and oxygen atoms in total. The molecule has 0 unspecified atom stereocenters. The van der Waals surface area contributed by atoms with E-state index in [2.05, 4.69) is 20.9 Å². The lowest BCUT2D eigenvalue weighted by atomic mass is 10.3. The van der Waals surface area contributed by atoms with E-state index in [0.29, 0.717) is 23.4 Å². The van der Waals surface area contributed by atoms with Crippen LogP contribution < -0.4 is 4.90 Å². The van der Waals surface area contributed by atoms with Crippen molar-refractivity contribution in [1.29, 1.82) is 0 Å². The van der Waals surface area contributed by atoms with Crippen molar-refractivity contribution in [2.24, 2.45) is 0 Å². The van der Waals surface area contributed by atoms with Gasteiger partial charge in [0.15, 0.2) is 11.6 Å². The summed E-state index contributed by atoms with van der Waals surface area (Å²) < 4.78 is 19.6. The second kappa shape index (κ2) is 4.90. The molecule has 0 aliphatic carbocycles. The zero-order chi connectivity index (χ0) is 10.7. The van der Waals surface area contributed by atoms with E-state index in [1.165, 1.54) is 6.07 Å². The van der Waals surface area contributed by atoms with Crippen LogP contribution in [0.2, 0.25) is 0 Å². The summed E-state index contributed by atoms with van der Waals surface area (Å²) in [6.45, 7) is 2.88. The molecule has 0 saturated carbocycles. The SMILES string of the molecule is Fc1cc(Br)cnc1N1CCCOCC1. The van der Waals surface area contributed by atoms with Gasteiger partial charge in [0.25, 0.3) is 0 Å². The van der Waals surface area contributed by atoms with Gasteiger partial charge >= 0.3 is 0 Å². The van der Waals surface area contributed by atoms with Crippen molar-refractivity contribution in [3.05, 3.63) is 22.6 Å². The Labute approximate surface area is 96.4 Å². The van der Waals surface area contributed by atoms with Gasteiger partial charge < -0.3 is 9.64 Å². The molecular formula is C10H12BrFN2O. The number of pyridine rings is 1. The summed E-state index contributed by atoms with van der Waals surface area (Å²) in [5.41, 5.74) is 0. The van der Waals surface area contributed by atoms with Crippen LogP contribution in [0.5, 0.6) is 0 Å². The van der Waals surface area contributed by atoms with Crippen LogP contribution in [0, 0.1) is 5.82 Å². The van der Waals surface area contributed by atoms with Crippen molar-refractivity contribution in [1.82, 2.24) is 4.98 Å². The highest BCUT2D eigenvalue weighted by atomic mass is 79.9. The van der Waals surface area contributed by atoms with E-state index in [4.69, 9.17) is 4.74 Å². The van der Waals surface area contributed by atoms with Crippen LogP contribution in [0.3, 0.4) is 0 Å². The third-order valence-electron chi connectivity index (χ3n) is 2.31. The van der Waals surface area contributed by atoms with Gasteiger partial charge in [0.05, 0.1) is 6.61 Å². The zero-order valence-electron chi connectivity index (χ0n) is 8.25. The second-order valence-electron chi connectivity index (χ2n) is 3.41. The number of anilines is 1. The predicted octanol–water partition coefficient (Wildman–Crippen LogP) is 2.21. The molecule has 1 aromatic heterocycles. The van der Waals surface area contributed by atoms with E-state index in [-0.39, 0.29) is 5.82 Å². The fourth-order valence-electron chi connectivity index (χ4n) is 1.60. The summed E-state index contributed by atoms with van der Waals surface area (Å²) in [6.07, 6.45) is 2.53. The Bertz CT molecular complexity index is 340. The van der Waals surface area contributed by atoms with Gasteiger partial charge in [-0.2, -0.15) is 0 Å². The van der Waals surface area contributed by atoms with E-state index in [9.17, 15) is 4.39 Å². The first kappa shape index (κ1) is 10.8. The van der Waals surface area contributed by atoms with Crippen LogP contribution in [0.1, 0.15) is 6.42 Å². The van der Waals surface area contributed by atoms with Crippen LogP contribution in [0.25, 0.3) is 0 Å². The van der Waals surface area contributed by atoms with Crippen LogP contribution in [-0.2, 0) is 4.74 Å². The molecule has 82 valence electrons. The molecule has 0 radical (unpaired) electrons. The Morgan fingerprint density at radius 3 is 3.07 bits per heavy atom. The lowest BCUT2D eigenvalue weighted by molar-refractivity contribution is 0.152. The average Bonchev–Trinajstić information content (AvgIpc) is 2.46. The molecule has 1 aliphatic heterocycles. The van der Waals surface area contributed by atoms with Gasteiger partial charge in [-0.3, -0.25) is 0 Å². The third-order valence-corrected chi connectivity index (χ3v) is 2.74. The first-order chi connectivity index (χ1) is 7.27. The maximum Gasteiger partial charge on any atom is 0.166 e. The van der Waals surface area contributed by atoms with Gasteiger partial charge in [-0.1, -0.05) is 0 Å². The van der Waals surface area contributed by atoms with Crippen molar-refractivity contribution in [3.8, 4) is 0 Å². The number of nitrogens with zero attached hydrogens (tertiary/aromatic N) is 2. The molecule has 0 amide bonds. The quantitative estimate of drug-likeness (QED) is 0.785. The summed E-state index contributed by atoms with van der Waals surface area (Å²) in [4.78, 5) is 6.02. The Morgan fingerprint density at radius 1 is 1.40 bits per heavy atom. The normalized spacial score (nSPS) is 17.6. The van der Waals surface area contributed by atoms with Gasteiger partial charge in [-0.05, 0) is 28.4 Å². The van der Waals surface area contributed by atoms with Crippen LogP contribution in [0.15, 0.2) is 16.7 Å². The molecule has 1 aliphatic rings. The summed E-state index contributed by atoms with van der Waals surface area (Å²) >= 11 is 3.19. The Balaban J connectivity index is 2.19. The van der Waals surface area contributed by atoms with Crippen molar-refractivity contribution in [3.63, 3.8) is 0 Å². The standard InChI is InChI=1S/C10H12BrFN2O/c11-8-6-9(12)10(13-7-8)14-2-1-4-15-5-3-14/h6-7H,1-5H2. The monoisotopic (exact) mass is 274 g/mol. The van der Waals surface area contributed by atoms with Crippen LogP contribution in [0.4, 0.5) is 10.2 Å². The van der Waals surface area contributed by atoms with E-state index >= 15 is 0 Å². The number of aromatic nitrogens is 1. The Hall–Kier alpha value is -0.680. The fourth-order valence-corrected chi connectivity index (χ4v) is 1.90. The molecule has 1 aromatic rings. The minimum atomic E-state index is -0.286. The smallest absolute Gasteiger partial charge is 0.166 e. The minimum Gasteiger partial charge on any atom is -0.380 e. The van der Waals surface area contributed by atoms with Crippen molar-refractivity contribution < 1.29 is 9.13 Å². The predicted molar refractivity (Wildman–Crippen MR) is 59.5 cm³/mol. The number of hydrogen-bond donors (Lipinski definition) is 0. The van der Waals surface area contributed by atoms with Gasteiger partial charge in [-0.25, -0.2) is 9.37 Å². The summed E-state index contributed by atoms with van der Waals surface area (Å²) in [6, 6.07) is 1.44. The van der Waals surface area contributed by atoms with E-state index < -0.39 is 0 Å². The van der Waals surface area contributed by atoms with Crippen molar-refractivity contribution >= 4 is 21.7 Å². The highest BCUT2D eigenvalue weighted by molar-refractivity contribution is 9.10. The Kier molecular flexibility index (Phi) is 3.53. The lowest BCUT2D eigenvalue weighted by Gasteiger charge is -2.20. The van der Waals surface area contributed by atoms with Crippen molar-refractivity contribution in [2.75, 3.05) is 31.2 Å². The molecule has 0 bridgehead atoms. The maximum atomic E-state index is 13.6. The number of ether oxygens (including phenoxy) is 1. The second-order valence-corrected chi connectivity index (χ2v) is 4.33. The molecule has 0 spiro atoms. The molecular weight excluding hydrogens is 263 g/mol. The molecule has 2 heterocycles. The van der Waals surface area contributed by atoms with Gasteiger partial charge in [0.2, 0.25) is 0 Å². The number of halogens is 2. The number of hydrogen-bond acceptors (Lipinski definition) is 3. The first-order valence-electron chi connectivity index (χ1n) is 4.91. The highest BCUT2D eigenvalue weighted by Crippen LogP contribution is 2.20. The molecule has 0 aromatic carbocycles. The fraction of sp³-hybridized carbons (Fsp3) is 0.500. The molecule has 15 heavy (non-hydrogen) atoms. The lowest BCUT2D eigenvalue weighted by Crippen LogP contribution is -2.27. The average molecular weight is 275 g/mol. The van der Waals surface area contributed by atoms with E-state index in [0.717, 1.165) is 19.6 Å². The van der Waals surface area contributed by atoms with Gasteiger partial charge in [0.1, 0.15) is 0 Å². The number of rotatable bonds is 1. The van der Waals surface area contributed by atoms with E-state index in [1.54, 1.807) is 6.20 Å². The summed E-state index contributed by atoms with van der Waals surface area (Å²) in [5, 5.41) is 0. The maximum absolute atomic E-state index is 13.6. The van der Waals surface area contributed by atoms with Crippen LogP contribution in [-0.4, -0.2) is 31.3 Å². The topological polar surface area (TPSA) is 25.4 Å². The molecule has 1 fully saturated rings. The Morgan fingerprint density at radius 2 is 2.27 bits per heavy atom. The molecule has 5 heteroatoms. The zero-order valence-corrected chi connectivity index (χ0v) is 9.83. The first-order valence-corrected chi connectivity index (χ1v) is 5.70. The molecule has 1 saturated heterocycles. The minimum absolute atomic E-state index is 0.286. The van der Waals surface area contributed by atoms with E-state index in [1.807, 2.05) is 4.90 Å². The molecule has 2 rings (SSSR count). The summed E-state index contributed by atoms with van der Waals surface area (Å²) in [5.74, 6) is 0.134. The van der Waals surface area contributed by atoms with Crippen molar-refractivity contribution in [2.45, 2.75) is 6.42 Å². The summed E-state index contributed by atoms with van der Waals surface area (Å²) in [7, 11) is 0. The largest absolute Gasteiger partial charge is 0.380 e. The third kappa shape index (κ3) is 2.66. The highest BCUT2D eigenvalue weighted by Gasteiger charge is 2.15. The van der Waals surface area contributed by atoms with Gasteiger partial charge in [0, 0.05) is 30.4 Å². The van der Waals surface area contributed by atoms with Crippen LogP contribution >= 0.6 is 15.9 Å².